The predicted octanol–water partition coefficient (Wildman–Crippen LogP) is 0.984. The van der Waals surface area contributed by atoms with Gasteiger partial charge in [0.1, 0.15) is 0 Å². The van der Waals surface area contributed by atoms with Crippen LogP contribution in [0.2, 0.25) is 0 Å². The number of hydrogen-bond donors (Lipinski definition) is 2. The number of rotatable bonds is 4. The van der Waals surface area contributed by atoms with Gasteiger partial charge in [-0.05, 0) is 26.2 Å². The highest BCUT2D eigenvalue weighted by atomic mass is 32.1. The molecule has 1 aliphatic rings. The second-order valence-corrected chi connectivity index (χ2v) is 4.87. The number of nitrogens with one attached hydrogen (secondary N) is 1. The lowest BCUT2D eigenvalue weighted by atomic mass is 9.94. The van der Waals surface area contributed by atoms with E-state index in [1.165, 1.54) is 0 Å². The van der Waals surface area contributed by atoms with Crippen LogP contribution < -0.4 is 11.1 Å². The summed E-state index contributed by atoms with van der Waals surface area (Å²) in [6.07, 6.45) is 2.27. The van der Waals surface area contributed by atoms with Crippen LogP contribution in [0.3, 0.4) is 0 Å². The van der Waals surface area contributed by atoms with Crippen molar-refractivity contribution in [1.29, 1.82) is 0 Å². The van der Waals surface area contributed by atoms with Crippen molar-refractivity contribution in [1.82, 2.24) is 5.32 Å². The zero-order valence-corrected chi connectivity index (χ0v) is 10.7. The van der Waals surface area contributed by atoms with E-state index < -0.39 is 5.54 Å². The Labute approximate surface area is 102 Å². The third kappa shape index (κ3) is 3.15. The van der Waals surface area contributed by atoms with E-state index in [9.17, 15) is 4.79 Å². The summed E-state index contributed by atoms with van der Waals surface area (Å²) in [4.78, 5) is 12.3. The standard InChI is InChI=1S/C11H20N2O2S/c1-3-11(2,10(12)16)13-9(14)8-4-6-15-7-5-8/h8H,3-7H2,1-2H3,(H2,12,16)(H,13,14). The molecule has 4 nitrogen and oxygen atoms in total. The molecular weight excluding hydrogens is 224 g/mol. The smallest absolute Gasteiger partial charge is 0.224 e. The molecule has 3 N–H and O–H groups in total. The van der Waals surface area contributed by atoms with Gasteiger partial charge in [-0.15, -0.1) is 0 Å². The van der Waals surface area contributed by atoms with Crippen LogP contribution >= 0.6 is 12.2 Å². The van der Waals surface area contributed by atoms with Crippen molar-refractivity contribution >= 4 is 23.1 Å². The summed E-state index contributed by atoms with van der Waals surface area (Å²) in [5.74, 6) is 0.0782. The topological polar surface area (TPSA) is 64.3 Å². The van der Waals surface area contributed by atoms with Gasteiger partial charge in [0.15, 0.2) is 0 Å². The molecule has 0 aliphatic carbocycles. The van der Waals surface area contributed by atoms with Crippen LogP contribution in [0.5, 0.6) is 0 Å². The summed E-state index contributed by atoms with van der Waals surface area (Å²) in [7, 11) is 0. The zero-order valence-electron chi connectivity index (χ0n) is 9.91. The third-order valence-electron chi connectivity index (χ3n) is 3.24. The summed E-state index contributed by atoms with van der Waals surface area (Å²) in [5, 5.41) is 2.95. The second-order valence-electron chi connectivity index (χ2n) is 4.43. The largest absolute Gasteiger partial charge is 0.391 e. The quantitative estimate of drug-likeness (QED) is 0.724. The SMILES string of the molecule is CCC(C)(NC(=O)C1CCOCC1)C(N)=S. The number of ether oxygens (including phenoxy) is 1. The van der Waals surface area contributed by atoms with Gasteiger partial charge in [-0.25, -0.2) is 0 Å². The highest BCUT2D eigenvalue weighted by Crippen LogP contribution is 2.17. The Morgan fingerprint density at radius 2 is 2.12 bits per heavy atom. The van der Waals surface area contributed by atoms with Gasteiger partial charge in [-0.3, -0.25) is 4.79 Å². The molecule has 0 spiro atoms. The molecule has 0 saturated carbocycles. The van der Waals surface area contributed by atoms with Crippen molar-refractivity contribution in [3.63, 3.8) is 0 Å². The first-order valence-electron chi connectivity index (χ1n) is 5.69. The third-order valence-corrected chi connectivity index (χ3v) is 3.69. The van der Waals surface area contributed by atoms with Crippen LogP contribution in [-0.4, -0.2) is 29.6 Å². The first-order chi connectivity index (χ1) is 7.49. The molecule has 0 aromatic carbocycles. The maximum Gasteiger partial charge on any atom is 0.224 e. The lowest BCUT2D eigenvalue weighted by Gasteiger charge is -2.31. The maximum atomic E-state index is 12.0. The van der Waals surface area contributed by atoms with Gasteiger partial charge in [0.2, 0.25) is 5.91 Å². The molecule has 0 aromatic rings. The summed E-state index contributed by atoms with van der Waals surface area (Å²) < 4.78 is 5.22. The van der Waals surface area contributed by atoms with Crippen molar-refractivity contribution in [3.05, 3.63) is 0 Å². The Bertz CT molecular complexity index is 277. The van der Waals surface area contributed by atoms with E-state index in [0.717, 1.165) is 12.8 Å². The van der Waals surface area contributed by atoms with Crippen LogP contribution in [0.25, 0.3) is 0 Å². The van der Waals surface area contributed by atoms with Crippen LogP contribution in [0, 0.1) is 5.92 Å². The fourth-order valence-corrected chi connectivity index (χ4v) is 1.85. The van der Waals surface area contributed by atoms with E-state index in [4.69, 9.17) is 22.7 Å². The molecular formula is C11H20N2O2S. The van der Waals surface area contributed by atoms with Crippen LogP contribution in [0.15, 0.2) is 0 Å². The minimum Gasteiger partial charge on any atom is -0.391 e. The Morgan fingerprint density at radius 1 is 1.56 bits per heavy atom. The van der Waals surface area contributed by atoms with Gasteiger partial charge in [-0.1, -0.05) is 19.1 Å². The van der Waals surface area contributed by atoms with Crippen LogP contribution in [0.1, 0.15) is 33.1 Å². The van der Waals surface area contributed by atoms with Crippen molar-refractivity contribution < 1.29 is 9.53 Å². The minimum atomic E-state index is -0.565. The maximum absolute atomic E-state index is 12.0. The first kappa shape index (κ1) is 13.4. The molecule has 0 radical (unpaired) electrons. The first-order valence-corrected chi connectivity index (χ1v) is 6.10. The lowest BCUT2D eigenvalue weighted by molar-refractivity contribution is -0.129. The van der Waals surface area contributed by atoms with Gasteiger partial charge in [0.05, 0.1) is 10.5 Å². The number of hydrogen-bond acceptors (Lipinski definition) is 3. The average molecular weight is 244 g/mol. The molecule has 0 aromatic heterocycles. The van der Waals surface area contributed by atoms with E-state index in [1.807, 2.05) is 13.8 Å². The normalized spacial score (nSPS) is 21.1. The van der Waals surface area contributed by atoms with Crippen LogP contribution in [0.4, 0.5) is 0 Å². The van der Waals surface area contributed by atoms with Crippen molar-refractivity contribution in [2.45, 2.75) is 38.6 Å². The van der Waals surface area contributed by atoms with Gasteiger partial charge < -0.3 is 15.8 Å². The number of amides is 1. The average Bonchev–Trinajstić information content (AvgIpc) is 2.29. The van der Waals surface area contributed by atoms with E-state index in [2.05, 4.69) is 5.32 Å². The van der Waals surface area contributed by atoms with E-state index >= 15 is 0 Å². The molecule has 1 heterocycles. The zero-order chi connectivity index (χ0) is 12.2. The molecule has 92 valence electrons. The Hall–Kier alpha value is -0.680. The monoisotopic (exact) mass is 244 g/mol. The molecule has 1 amide bonds. The molecule has 1 rings (SSSR count). The molecule has 1 fully saturated rings. The highest BCUT2D eigenvalue weighted by molar-refractivity contribution is 7.80. The molecule has 5 heteroatoms. The van der Waals surface area contributed by atoms with E-state index in [1.54, 1.807) is 0 Å². The van der Waals surface area contributed by atoms with Gasteiger partial charge in [-0.2, -0.15) is 0 Å². The second kappa shape index (κ2) is 5.59. The van der Waals surface area contributed by atoms with Gasteiger partial charge in [0.25, 0.3) is 0 Å². The molecule has 1 atom stereocenters. The summed E-state index contributed by atoms with van der Waals surface area (Å²) in [5.41, 5.74) is 5.09. The highest BCUT2D eigenvalue weighted by Gasteiger charge is 2.31. The molecule has 16 heavy (non-hydrogen) atoms. The van der Waals surface area contributed by atoms with Crippen molar-refractivity contribution in [3.8, 4) is 0 Å². The fraction of sp³-hybridized carbons (Fsp3) is 0.818. The Kier molecular flexibility index (Phi) is 4.68. The van der Waals surface area contributed by atoms with E-state index in [0.29, 0.717) is 24.6 Å². The fourth-order valence-electron chi connectivity index (χ4n) is 1.66. The number of carbonyl (C=O) groups excluding carboxylic acids is 1. The summed E-state index contributed by atoms with van der Waals surface area (Å²) in [6, 6.07) is 0. The summed E-state index contributed by atoms with van der Waals surface area (Å²) in [6.45, 7) is 5.15. The summed E-state index contributed by atoms with van der Waals surface area (Å²) >= 11 is 4.99. The van der Waals surface area contributed by atoms with Gasteiger partial charge >= 0.3 is 0 Å². The molecule has 0 bridgehead atoms. The Balaban J connectivity index is 2.57. The number of thiocarbonyl (C=S) groups is 1. The molecule has 1 unspecified atom stereocenters. The van der Waals surface area contributed by atoms with Crippen LogP contribution in [-0.2, 0) is 9.53 Å². The van der Waals surface area contributed by atoms with Crippen molar-refractivity contribution in [2.75, 3.05) is 13.2 Å². The lowest BCUT2D eigenvalue weighted by Crippen LogP contribution is -2.55. The molecule has 1 saturated heterocycles. The Morgan fingerprint density at radius 3 is 2.56 bits per heavy atom. The van der Waals surface area contributed by atoms with Gasteiger partial charge in [0, 0.05) is 19.1 Å². The number of nitrogens with two attached hydrogens (primary N) is 1. The van der Waals surface area contributed by atoms with Crippen molar-refractivity contribution in [2.24, 2.45) is 11.7 Å². The predicted molar refractivity (Wildman–Crippen MR) is 67.2 cm³/mol. The molecule has 1 aliphatic heterocycles. The minimum absolute atomic E-state index is 0.0361. The number of carbonyl (C=O) groups is 1. The van der Waals surface area contributed by atoms with E-state index in [-0.39, 0.29) is 11.8 Å².